The van der Waals surface area contributed by atoms with E-state index >= 15 is 0 Å². The molecule has 13 heteroatoms. The summed E-state index contributed by atoms with van der Waals surface area (Å²) in [6.45, 7) is 5.66. The topological polar surface area (TPSA) is 101 Å². The van der Waals surface area contributed by atoms with E-state index in [4.69, 9.17) is 20.6 Å². The Morgan fingerprint density at radius 3 is 2.26 bits per heavy atom. The van der Waals surface area contributed by atoms with Crippen LogP contribution in [0.4, 0.5) is 26.3 Å². The van der Waals surface area contributed by atoms with E-state index in [0.29, 0.717) is 22.5 Å². The van der Waals surface area contributed by atoms with Crippen molar-refractivity contribution in [1.29, 1.82) is 0 Å². The van der Waals surface area contributed by atoms with Crippen molar-refractivity contribution in [2.24, 2.45) is 16.9 Å². The molecule has 262 valence electrons. The normalized spacial score (nSPS) is 14.0. The summed E-state index contributed by atoms with van der Waals surface area (Å²) in [7, 11) is 1.54. The van der Waals surface area contributed by atoms with Crippen molar-refractivity contribution in [2.45, 2.75) is 101 Å². The summed E-state index contributed by atoms with van der Waals surface area (Å²) in [6.07, 6.45) is 4.22. The summed E-state index contributed by atoms with van der Waals surface area (Å²) in [5, 5.41) is 0.613. The number of ether oxygens (including phenoxy) is 2. The molecule has 6 nitrogen and oxygen atoms in total. The third kappa shape index (κ3) is 9.17. The van der Waals surface area contributed by atoms with E-state index in [0.717, 1.165) is 31.2 Å². The molecular weight excluding hydrogens is 646 g/mol. The number of alkyl halides is 6. The number of aryl methyl sites for hydroxylation is 1. The number of furan rings is 1. The van der Waals surface area contributed by atoms with Crippen molar-refractivity contribution in [3.63, 3.8) is 0 Å². The average Bonchev–Trinajstić information content (AvgIpc) is 3.41. The zero-order valence-corrected chi connectivity index (χ0v) is 28.3. The lowest BCUT2D eigenvalue weighted by Crippen LogP contribution is -2.58. The number of benzene rings is 2. The molecule has 3 aromatic rings. The number of hydrogen-bond donors (Lipinski definition) is 2. The molecule has 0 saturated heterocycles. The number of carbonyl (C=O) groups is 1. The summed E-state index contributed by atoms with van der Waals surface area (Å²) >= 11 is 0.263. The second kappa shape index (κ2) is 14.7. The fourth-order valence-corrected chi connectivity index (χ4v) is 5.73. The van der Waals surface area contributed by atoms with Crippen molar-refractivity contribution in [3.05, 3.63) is 48.0 Å². The number of esters is 1. The van der Waals surface area contributed by atoms with Crippen LogP contribution in [-0.4, -0.2) is 54.8 Å². The molecule has 1 heterocycles. The minimum Gasteiger partial charge on any atom is -0.496 e. The maximum Gasteiger partial charge on any atom is 0.376 e. The van der Waals surface area contributed by atoms with Gasteiger partial charge in [-0.25, -0.2) is 0 Å². The van der Waals surface area contributed by atoms with Gasteiger partial charge in [-0.2, -0.15) is 26.3 Å². The number of methoxy groups -OCH3 is 1. The molecule has 1 aromatic heterocycles. The van der Waals surface area contributed by atoms with Gasteiger partial charge in [0.05, 0.1) is 23.8 Å². The van der Waals surface area contributed by atoms with Crippen LogP contribution >= 0.6 is 11.8 Å². The van der Waals surface area contributed by atoms with E-state index < -0.39 is 53.1 Å². The number of rotatable bonds is 17. The Morgan fingerprint density at radius 2 is 1.64 bits per heavy atom. The molecule has 0 aliphatic heterocycles. The molecule has 47 heavy (non-hydrogen) atoms. The fourth-order valence-electron chi connectivity index (χ4n) is 4.85. The lowest BCUT2D eigenvalue weighted by Gasteiger charge is -2.35. The molecule has 1 unspecified atom stereocenters. The molecular formula is C34H44F6N2O4S. The average molecular weight is 691 g/mol. The highest BCUT2D eigenvalue weighted by atomic mass is 32.2. The highest BCUT2D eigenvalue weighted by Crippen LogP contribution is 2.48. The van der Waals surface area contributed by atoms with Gasteiger partial charge in [0.1, 0.15) is 17.1 Å². The van der Waals surface area contributed by atoms with E-state index in [1.54, 1.807) is 26.0 Å². The van der Waals surface area contributed by atoms with Crippen molar-refractivity contribution in [1.82, 2.24) is 0 Å². The predicted molar refractivity (Wildman–Crippen MR) is 173 cm³/mol. The summed E-state index contributed by atoms with van der Waals surface area (Å²) in [5.41, 5.74) is 11.5. The van der Waals surface area contributed by atoms with E-state index in [1.807, 2.05) is 18.2 Å². The first-order valence-electron chi connectivity index (χ1n) is 15.3. The monoisotopic (exact) mass is 690 g/mol. The molecule has 0 fully saturated rings. The molecule has 0 bridgehead atoms. The number of thioether (sulfide) groups is 1. The van der Waals surface area contributed by atoms with Crippen LogP contribution in [0.1, 0.15) is 65.9 Å². The van der Waals surface area contributed by atoms with Crippen LogP contribution in [-0.2, 0) is 16.0 Å². The molecule has 1 atom stereocenters. The number of carbonyl (C=O) groups excluding carboxylic acids is 1. The first-order valence-corrected chi connectivity index (χ1v) is 16.3. The van der Waals surface area contributed by atoms with Crippen molar-refractivity contribution < 1.29 is 45.0 Å². The van der Waals surface area contributed by atoms with E-state index in [1.165, 1.54) is 33.1 Å². The van der Waals surface area contributed by atoms with Crippen LogP contribution in [0.5, 0.6) is 5.75 Å². The molecule has 0 amide bonds. The van der Waals surface area contributed by atoms with Gasteiger partial charge in [0.2, 0.25) is 0 Å². The maximum absolute atomic E-state index is 14.7. The lowest BCUT2D eigenvalue weighted by molar-refractivity contribution is -0.310. The Kier molecular flexibility index (Phi) is 12.1. The Bertz CT molecular complexity index is 1520. The van der Waals surface area contributed by atoms with Crippen LogP contribution in [0.3, 0.4) is 0 Å². The van der Waals surface area contributed by atoms with Gasteiger partial charge < -0.3 is 25.4 Å². The Hall–Kier alpha value is -2.90. The molecule has 0 aliphatic carbocycles. The van der Waals surface area contributed by atoms with Gasteiger partial charge in [-0.3, -0.25) is 4.79 Å². The number of nitrogens with two attached hydrogens (primary N) is 2. The Balaban J connectivity index is 1.70. The van der Waals surface area contributed by atoms with Crippen molar-refractivity contribution >= 4 is 28.7 Å². The summed E-state index contributed by atoms with van der Waals surface area (Å²) in [5.74, 6) is -18.4. The van der Waals surface area contributed by atoms with Gasteiger partial charge in [-0.05, 0) is 88.9 Å². The smallest absolute Gasteiger partial charge is 0.376 e. The fraction of sp³-hybridized carbons (Fsp3) is 0.559. The molecule has 0 saturated carbocycles. The largest absolute Gasteiger partial charge is 0.496 e. The number of unbranched alkanes of at least 4 members (excludes halogenated alkanes) is 2. The van der Waals surface area contributed by atoms with Crippen LogP contribution in [0, 0.1) is 5.41 Å². The molecule has 3 rings (SSSR count). The zero-order valence-electron chi connectivity index (χ0n) is 27.5. The lowest BCUT2D eigenvalue weighted by atomic mass is 9.79. The molecule has 2 aromatic carbocycles. The van der Waals surface area contributed by atoms with Crippen LogP contribution < -0.4 is 16.2 Å². The quantitative estimate of drug-likeness (QED) is 0.0632. The third-order valence-corrected chi connectivity index (χ3v) is 9.11. The summed E-state index contributed by atoms with van der Waals surface area (Å²) in [6, 6.07) is 10.8. The highest BCUT2D eigenvalue weighted by Gasteiger charge is 2.71. The van der Waals surface area contributed by atoms with Gasteiger partial charge in [0.15, 0.2) is 6.61 Å². The summed E-state index contributed by atoms with van der Waals surface area (Å²) < 4.78 is 104. The predicted octanol–water partition coefficient (Wildman–Crippen LogP) is 8.86. The molecule has 4 N–H and O–H groups in total. The minimum atomic E-state index is -5.85. The van der Waals surface area contributed by atoms with Gasteiger partial charge in [0, 0.05) is 21.9 Å². The standard InChI is InChI=1S/C34H44F6N2O4S/c1-7-8-9-10-21-11-14-24(26(15-21)44-6)27-16-22-12-13-23(17-25(22)46-27)47-20-33(37,38)34(39,40)32(35,36)19-45-29(43)31(4,5)28(41)18-30(2,3)42/h11-17,28H,7-10,18-20,41-42H2,1-6H3. The van der Waals surface area contributed by atoms with Crippen molar-refractivity contribution in [2.75, 3.05) is 19.5 Å². The SMILES string of the molecule is CCCCCc1ccc(-c2cc3ccc(SCC(F)(F)C(F)(F)C(F)(F)COC(=O)C(C)(C)C(N)CC(C)(C)N)cc3o2)c(OC)c1. The first kappa shape index (κ1) is 38.5. The molecule has 0 aliphatic rings. The number of fused-ring (bicyclic) bond motifs is 1. The molecule has 0 radical (unpaired) electrons. The van der Waals surface area contributed by atoms with Crippen molar-refractivity contribution in [3.8, 4) is 17.1 Å². The van der Waals surface area contributed by atoms with Crippen LogP contribution in [0.15, 0.2) is 51.8 Å². The second-order valence-corrected chi connectivity index (χ2v) is 14.2. The summed E-state index contributed by atoms with van der Waals surface area (Å²) in [4.78, 5) is 12.6. The third-order valence-electron chi connectivity index (χ3n) is 8.01. The number of hydrogen-bond acceptors (Lipinski definition) is 7. The van der Waals surface area contributed by atoms with Crippen LogP contribution in [0.2, 0.25) is 0 Å². The molecule has 0 spiro atoms. The van der Waals surface area contributed by atoms with Gasteiger partial charge in [-0.15, -0.1) is 11.8 Å². The van der Waals surface area contributed by atoms with E-state index in [-0.39, 0.29) is 28.7 Å². The number of halogens is 6. The van der Waals surface area contributed by atoms with Gasteiger partial charge in [0.25, 0.3) is 0 Å². The zero-order chi connectivity index (χ0) is 35.4. The van der Waals surface area contributed by atoms with Gasteiger partial charge >= 0.3 is 23.7 Å². The van der Waals surface area contributed by atoms with Gasteiger partial charge in [-0.1, -0.05) is 25.8 Å². The Labute approximate surface area is 275 Å². The minimum absolute atomic E-state index is 0.0720. The first-order chi connectivity index (χ1) is 21.6. The van der Waals surface area contributed by atoms with E-state index in [9.17, 15) is 31.1 Å². The Morgan fingerprint density at radius 1 is 0.957 bits per heavy atom. The van der Waals surface area contributed by atoms with E-state index in [2.05, 4.69) is 11.7 Å². The van der Waals surface area contributed by atoms with Crippen LogP contribution in [0.25, 0.3) is 22.3 Å². The highest BCUT2D eigenvalue weighted by molar-refractivity contribution is 7.99. The second-order valence-electron chi connectivity index (χ2n) is 13.2. The maximum atomic E-state index is 14.7.